The number of nitrogens with one attached hydrogen (secondary N) is 1. The van der Waals surface area contributed by atoms with E-state index in [4.69, 9.17) is 5.73 Å². The third kappa shape index (κ3) is 2.99. The van der Waals surface area contributed by atoms with Crippen LogP contribution in [0.5, 0.6) is 0 Å². The zero-order valence-electron chi connectivity index (χ0n) is 7.93. The molecule has 0 amide bonds. The van der Waals surface area contributed by atoms with Crippen molar-refractivity contribution in [1.82, 2.24) is 5.32 Å². The van der Waals surface area contributed by atoms with E-state index in [-0.39, 0.29) is 0 Å². The minimum atomic E-state index is 0.693. The summed E-state index contributed by atoms with van der Waals surface area (Å²) in [7, 11) is 0. The van der Waals surface area contributed by atoms with Crippen LogP contribution in [-0.4, -0.2) is 6.04 Å². The number of rotatable bonds is 4. The van der Waals surface area contributed by atoms with E-state index in [9.17, 15) is 0 Å². The van der Waals surface area contributed by atoms with Crippen LogP contribution in [0.25, 0.3) is 0 Å². The zero-order valence-corrected chi connectivity index (χ0v) is 7.93. The molecule has 0 aromatic heterocycles. The molecule has 2 nitrogen and oxygen atoms in total. The average molecular weight is 166 g/mol. The lowest BCUT2D eigenvalue weighted by atomic mass is 10.3. The molecule has 0 unspecified atom stereocenters. The first-order valence-corrected chi connectivity index (χ1v) is 4.63. The fourth-order valence-electron chi connectivity index (χ4n) is 0.987. The fraction of sp³-hybridized carbons (Fsp3) is 0.600. The quantitative estimate of drug-likeness (QED) is 0.626. The number of nitrogens with two attached hydrogens (primary N) is 1. The van der Waals surface area contributed by atoms with Gasteiger partial charge in [0.2, 0.25) is 0 Å². The second-order valence-electron chi connectivity index (χ2n) is 3.31. The molecule has 1 rings (SSSR count). The molecule has 3 N–H and O–H groups in total. The van der Waals surface area contributed by atoms with Crippen molar-refractivity contribution < 1.29 is 0 Å². The maximum absolute atomic E-state index is 5.81. The highest BCUT2D eigenvalue weighted by atomic mass is 15.0. The predicted molar refractivity (Wildman–Crippen MR) is 52.5 cm³/mol. The van der Waals surface area contributed by atoms with Crippen LogP contribution in [0.1, 0.15) is 33.1 Å². The Morgan fingerprint density at radius 2 is 2.25 bits per heavy atom. The smallest absolute Gasteiger partial charge is 0.0500 e. The maximum Gasteiger partial charge on any atom is 0.0500 e. The van der Waals surface area contributed by atoms with Crippen LogP contribution < -0.4 is 11.1 Å². The topological polar surface area (TPSA) is 38.0 Å². The van der Waals surface area contributed by atoms with E-state index in [1.807, 2.05) is 13.0 Å². The van der Waals surface area contributed by atoms with Gasteiger partial charge in [0.05, 0.1) is 5.70 Å². The standard InChI is InChI=1S/C10H18N2/c1-3-4-5-10(11)8(2)12-9-6-7-9/h4-5,9,12H,3,6-7,11H2,1-2H3/b5-4-,10-8-. The molecule has 0 spiro atoms. The summed E-state index contributed by atoms with van der Waals surface area (Å²) in [6.07, 6.45) is 7.68. The van der Waals surface area contributed by atoms with Gasteiger partial charge in [-0.25, -0.2) is 0 Å². The molecule has 0 saturated heterocycles. The molecule has 0 radical (unpaired) electrons. The Hall–Kier alpha value is -0.920. The number of allylic oxidation sites excluding steroid dienone is 3. The summed E-state index contributed by atoms with van der Waals surface area (Å²) < 4.78 is 0. The van der Waals surface area contributed by atoms with E-state index < -0.39 is 0 Å². The van der Waals surface area contributed by atoms with Gasteiger partial charge in [-0.3, -0.25) is 0 Å². The molecule has 1 aliphatic carbocycles. The summed E-state index contributed by atoms with van der Waals surface area (Å²) >= 11 is 0. The van der Waals surface area contributed by atoms with Crippen molar-refractivity contribution in [2.24, 2.45) is 5.73 Å². The monoisotopic (exact) mass is 166 g/mol. The van der Waals surface area contributed by atoms with Crippen LogP contribution in [0.4, 0.5) is 0 Å². The summed E-state index contributed by atoms with van der Waals surface area (Å²) in [6, 6.07) is 0.693. The van der Waals surface area contributed by atoms with E-state index >= 15 is 0 Å². The predicted octanol–water partition coefficient (Wildman–Crippen LogP) is 1.89. The van der Waals surface area contributed by atoms with Gasteiger partial charge in [-0.15, -0.1) is 0 Å². The first-order valence-electron chi connectivity index (χ1n) is 4.63. The van der Waals surface area contributed by atoms with Gasteiger partial charge < -0.3 is 11.1 Å². The highest BCUT2D eigenvalue weighted by Crippen LogP contribution is 2.20. The summed E-state index contributed by atoms with van der Waals surface area (Å²) in [5.41, 5.74) is 7.79. The number of hydrogen-bond acceptors (Lipinski definition) is 2. The lowest BCUT2D eigenvalue weighted by molar-refractivity contribution is 0.794. The Labute approximate surface area is 74.5 Å². The van der Waals surface area contributed by atoms with Crippen LogP contribution in [0.3, 0.4) is 0 Å². The van der Waals surface area contributed by atoms with Crippen molar-refractivity contribution >= 4 is 0 Å². The van der Waals surface area contributed by atoms with Crippen LogP contribution in [-0.2, 0) is 0 Å². The first kappa shape index (κ1) is 9.17. The SMILES string of the molecule is CC/C=C\C(N)=C(/C)NC1CC1. The Morgan fingerprint density at radius 3 is 2.75 bits per heavy atom. The third-order valence-corrected chi connectivity index (χ3v) is 1.96. The van der Waals surface area contributed by atoms with E-state index in [0.717, 1.165) is 17.8 Å². The van der Waals surface area contributed by atoms with Crippen molar-refractivity contribution in [2.75, 3.05) is 0 Å². The van der Waals surface area contributed by atoms with Crippen molar-refractivity contribution in [3.05, 3.63) is 23.5 Å². The van der Waals surface area contributed by atoms with Crippen LogP contribution in [0.15, 0.2) is 23.5 Å². The molecule has 0 heterocycles. The summed E-state index contributed by atoms with van der Waals surface area (Å²) in [5.74, 6) is 0. The van der Waals surface area contributed by atoms with Gasteiger partial charge in [0.15, 0.2) is 0 Å². The van der Waals surface area contributed by atoms with Crippen molar-refractivity contribution in [3.63, 3.8) is 0 Å². The maximum atomic E-state index is 5.81. The molecule has 0 aromatic rings. The average Bonchev–Trinajstić information content (AvgIpc) is 2.83. The molecule has 68 valence electrons. The second kappa shape index (κ2) is 4.19. The summed E-state index contributed by atoms with van der Waals surface area (Å²) in [5, 5.41) is 3.37. The minimum absolute atomic E-state index is 0.693. The van der Waals surface area contributed by atoms with Crippen LogP contribution in [0, 0.1) is 0 Å². The minimum Gasteiger partial charge on any atom is -0.397 e. The van der Waals surface area contributed by atoms with E-state index in [1.165, 1.54) is 12.8 Å². The Balaban J connectivity index is 2.41. The van der Waals surface area contributed by atoms with E-state index in [1.54, 1.807) is 0 Å². The van der Waals surface area contributed by atoms with E-state index in [2.05, 4.69) is 18.3 Å². The Kier molecular flexibility index (Phi) is 3.20. The molecular formula is C10H18N2. The van der Waals surface area contributed by atoms with Gasteiger partial charge in [0, 0.05) is 11.7 Å². The largest absolute Gasteiger partial charge is 0.397 e. The molecule has 12 heavy (non-hydrogen) atoms. The fourth-order valence-corrected chi connectivity index (χ4v) is 0.987. The third-order valence-electron chi connectivity index (χ3n) is 1.96. The first-order chi connectivity index (χ1) is 5.74. The lowest BCUT2D eigenvalue weighted by Crippen LogP contribution is -2.17. The molecule has 0 atom stereocenters. The van der Waals surface area contributed by atoms with Crippen molar-refractivity contribution in [1.29, 1.82) is 0 Å². The van der Waals surface area contributed by atoms with Gasteiger partial charge in [-0.05, 0) is 32.3 Å². The van der Waals surface area contributed by atoms with Gasteiger partial charge >= 0.3 is 0 Å². The van der Waals surface area contributed by atoms with Crippen molar-refractivity contribution in [2.45, 2.75) is 39.2 Å². The molecule has 0 aliphatic heterocycles. The lowest BCUT2D eigenvalue weighted by Gasteiger charge is -2.05. The summed E-state index contributed by atoms with van der Waals surface area (Å²) in [6.45, 7) is 4.14. The number of hydrogen-bond donors (Lipinski definition) is 2. The van der Waals surface area contributed by atoms with Crippen LogP contribution in [0.2, 0.25) is 0 Å². The second-order valence-corrected chi connectivity index (χ2v) is 3.31. The highest BCUT2D eigenvalue weighted by Gasteiger charge is 2.20. The molecule has 0 aromatic carbocycles. The Morgan fingerprint density at radius 1 is 1.58 bits per heavy atom. The van der Waals surface area contributed by atoms with Crippen molar-refractivity contribution in [3.8, 4) is 0 Å². The van der Waals surface area contributed by atoms with Gasteiger partial charge in [-0.1, -0.05) is 13.0 Å². The van der Waals surface area contributed by atoms with Crippen LogP contribution >= 0.6 is 0 Å². The molecule has 0 bridgehead atoms. The normalized spacial score (nSPS) is 19.5. The van der Waals surface area contributed by atoms with Gasteiger partial charge in [0.1, 0.15) is 0 Å². The molecule has 1 aliphatic rings. The Bertz CT molecular complexity index is 200. The molecule has 2 heteroatoms. The summed E-state index contributed by atoms with van der Waals surface area (Å²) in [4.78, 5) is 0. The zero-order chi connectivity index (χ0) is 8.97. The van der Waals surface area contributed by atoms with Gasteiger partial charge in [-0.2, -0.15) is 0 Å². The molecule has 1 fully saturated rings. The molecule has 1 saturated carbocycles. The molecular weight excluding hydrogens is 148 g/mol. The van der Waals surface area contributed by atoms with E-state index in [0.29, 0.717) is 6.04 Å². The highest BCUT2D eigenvalue weighted by molar-refractivity contribution is 5.21. The van der Waals surface area contributed by atoms with Gasteiger partial charge in [0.25, 0.3) is 0 Å².